The van der Waals surface area contributed by atoms with Crippen molar-refractivity contribution in [1.29, 1.82) is 0 Å². The van der Waals surface area contributed by atoms with E-state index in [0.717, 1.165) is 48.6 Å². The highest BCUT2D eigenvalue weighted by molar-refractivity contribution is 5.80. The van der Waals surface area contributed by atoms with Crippen LogP contribution in [0, 0.1) is 6.92 Å². The molecule has 0 unspecified atom stereocenters. The van der Waals surface area contributed by atoms with Crippen LogP contribution in [0.2, 0.25) is 0 Å². The molecule has 1 fully saturated rings. The Labute approximate surface area is 189 Å². The van der Waals surface area contributed by atoms with Crippen molar-refractivity contribution in [3.8, 4) is 0 Å². The summed E-state index contributed by atoms with van der Waals surface area (Å²) in [6.07, 6.45) is 6.56. The molecule has 0 saturated heterocycles. The highest BCUT2D eigenvalue weighted by Gasteiger charge is 2.21. The predicted octanol–water partition coefficient (Wildman–Crippen LogP) is 5.44. The number of aromatic nitrogens is 1. The summed E-state index contributed by atoms with van der Waals surface area (Å²) >= 11 is 0. The molecule has 2 N–H and O–H groups in total. The number of carbonyl (C=O) groups excluding carboxylic acids is 1. The summed E-state index contributed by atoms with van der Waals surface area (Å²) in [5.74, 6) is 0. The van der Waals surface area contributed by atoms with Crippen LogP contribution in [0.15, 0.2) is 53.3 Å². The van der Waals surface area contributed by atoms with Gasteiger partial charge in [-0.25, -0.2) is 4.79 Å². The maximum absolute atomic E-state index is 13.3. The third-order valence-corrected chi connectivity index (χ3v) is 6.47. The Bertz CT molecular complexity index is 1130. The number of fused-ring (bicyclic) bond motifs is 1. The van der Waals surface area contributed by atoms with Crippen molar-refractivity contribution in [3.05, 3.63) is 81.1 Å². The van der Waals surface area contributed by atoms with Gasteiger partial charge >= 0.3 is 6.03 Å². The second-order valence-electron chi connectivity index (χ2n) is 9.02. The van der Waals surface area contributed by atoms with Crippen molar-refractivity contribution < 1.29 is 4.79 Å². The maximum Gasteiger partial charge on any atom is 0.318 e. The van der Waals surface area contributed by atoms with Crippen LogP contribution in [-0.2, 0) is 19.5 Å². The quantitative estimate of drug-likeness (QED) is 0.545. The molecule has 0 atom stereocenters. The van der Waals surface area contributed by atoms with E-state index in [2.05, 4.69) is 42.3 Å². The number of rotatable bonds is 6. The van der Waals surface area contributed by atoms with Gasteiger partial charge in [0.05, 0.1) is 6.54 Å². The van der Waals surface area contributed by atoms with Gasteiger partial charge in [-0.15, -0.1) is 0 Å². The van der Waals surface area contributed by atoms with Gasteiger partial charge in [-0.05, 0) is 60.9 Å². The number of aryl methyl sites for hydroxylation is 2. The molecular weight excluding hydrogens is 398 g/mol. The minimum absolute atomic E-state index is 0.0979. The van der Waals surface area contributed by atoms with E-state index in [9.17, 15) is 9.59 Å². The van der Waals surface area contributed by atoms with E-state index < -0.39 is 0 Å². The van der Waals surface area contributed by atoms with E-state index in [0.29, 0.717) is 12.1 Å². The molecule has 4 rings (SSSR count). The standard InChI is InChI=1S/C27H33N3O2/c1-3-20-13-14-25-22(15-20)16-23(26(31)29-25)18-30(17-21-11-9-19(2)10-12-21)27(32)28-24-7-5-4-6-8-24/h9-16,24H,3-8,17-18H2,1-2H3,(H,28,32)(H,29,31). The summed E-state index contributed by atoms with van der Waals surface area (Å²) in [4.78, 5) is 30.8. The Hall–Kier alpha value is -3.08. The van der Waals surface area contributed by atoms with E-state index in [4.69, 9.17) is 0 Å². The smallest absolute Gasteiger partial charge is 0.318 e. The van der Waals surface area contributed by atoms with Gasteiger partial charge < -0.3 is 15.2 Å². The Morgan fingerprint density at radius 1 is 1.00 bits per heavy atom. The zero-order valence-corrected chi connectivity index (χ0v) is 19.1. The van der Waals surface area contributed by atoms with E-state index >= 15 is 0 Å². The van der Waals surface area contributed by atoms with Crippen LogP contribution in [-0.4, -0.2) is 22.0 Å². The van der Waals surface area contributed by atoms with Crippen LogP contribution >= 0.6 is 0 Å². The topological polar surface area (TPSA) is 65.2 Å². The molecule has 2 amide bonds. The summed E-state index contributed by atoms with van der Waals surface area (Å²) in [7, 11) is 0. The molecule has 0 spiro atoms. The fourth-order valence-corrected chi connectivity index (χ4v) is 4.47. The van der Waals surface area contributed by atoms with Crippen molar-refractivity contribution in [2.75, 3.05) is 0 Å². The van der Waals surface area contributed by atoms with Crippen LogP contribution in [0.1, 0.15) is 61.3 Å². The monoisotopic (exact) mass is 431 g/mol. The Kier molecular flexibility index (Phi) is 6.93. The van der Waals surface area contributed by atoms with Gasteiger partial charge in [0.25, 0.3) is 5.56 Å². The molecule has 32 heavy (non-hydrogen) atoms. The van der Waals surface area contributed by atoms with Crippen molar-refractivity contribution >= 4 is 16.9 Å². The van der Waals surface area contributed by atoms with Crippen LogP contribution in [0.4, 0.5) is 4.79 Å². The van der Waals surface area contributed by atoms with Crippen molar-refractivity contribution in [3.63, 3.8) is 0 Å². The molecule has 1 aliphatic carbocycles. The third-order valence-electron chi connectivity index (χ3n) is 6.47. The zero-order valence-electron chi connectivity index (χ0n) is 19.1. The van der Waals surface area contributed by atoms with Crippen molar-refractivity contribution in [2.45, 2.75) is 71.5 Å². The number of nitrogens with one attached hydrogen (secondary N) is 2. The first-order chi connectivity index (χ1) is 15.5. The molecule has 0 radical (unpaired) electrons. The molecule has 1 aromatic heterocycles. The fraction of sp³-hybridized carbons (Fsp3) is 0.407. The SMILES string of the molecule is CCc1ccc2[nH]c(=O)c(CN(Cc3ccc(C)cc3)C(=O)NC3CCCCC3)cc2c1. The van der Waals surface area contributed by atoms with E-state index in [-0.39, 0.29) is 24.2 Å². The molecule has 0 aliphatic heterocycles. The number of urea groups is 1. The second kappa shape index (κ2) is 10.0. The van der Waals surface area contributed by atoms with E-state index in [1.165, 1.54) is 17.5 Å². The summed E-state index contributed by atoms with van der Waals surface area (Å²) in [5, 5.41) is 4.22. The summed E-state index contributed by atoms with van der Waals surface area (Å²) in [6, 6.07) is 16.4. The number of hydrogen-bond acceptors (Lipinski definition) is 2. The fourth-order valence-electron chi connectivity index (χ4n) is 4.47. The normalized spacial score (nSPS) is 14.4. The minimum atomic E-state index is -0.138. The number of H-pyrrole nitrogens is 1. The maximum atomic E-state index is 13.3. The van der Waals surface area contributed by atoms with Crippen LogP contribution < -0.4 is 10.9 Å². The second-order valence-corrected chi connectivity index (χ2v) is 9.02. The molecule has 2 aromatic carbocycles. The predicted molar refractivity (Wildman–Crippen MR) is 130 cm³/mol. The van der Waals surface area contributed by atoms with Gasteiger partial charge in [0.1, 0.15) is 0 Å². The Morgan fingerprint density at radius 2 is 1.72 bits per heavy atom. The largest absolute Gasteiger partial charge is 0.335 e. The van der Waals surface area contributed by atoms with Gasteiger partial charge in [0, 0.05) is 23.7 Å². The number of aromatic amines is 1. The summed E-state index contributed by atoms with van der Waals surface area (Å²) < 4.78 is 0. The lowest BCUT2D eigenvalue weighted by atomic mass is 9.96. The lowest BCUT2D eigenvalue weighted by molar-refractivity contribution is 0.184. The molecule has 5 heteroatoms. The minimum Gasteiger partial charge on any atom is -0.335 e. The highest BCUT2D eigenvalue weighted by atomic mass is 16.2. The molecule has 1 saturated carbocycles. The van der Waals surface area contributed by atoms with Crippen LogP contribution in [0.25, 0.3) is 10.9 Å². The molecule has 5 nitrogen and oxygen atoms in total. The number of pyridine rings is 1. The molecule has 1 heterocycles. The van der Waals surface area contributed by atoms with Gasteiger partial charge in [-0.2, -0.15) is 0 Å². The van der Waals surface area contributed by atoms with Crippen LogP contribution in [0.3, 0.4) is 0 Å². The molecular formula is C27H33N3O2. The van der Waals surface area contributed by atoms with Crippen LogP contribution in [0.5, 0.6) is 0 Å². The Balaban J connectivity index is 1.61. The number of carbonyl (C=O) groups is 1. The van der Waals surface area contributed by atoms with Gasteiger partial charge in [0.2, 0.25) is 0 Å². The van der Waals surface area contributed by atoms with Gasteiger partial charge in [-0.3, -0.25) is 4.79 Å². The first kappa shape index (κ1) is 22.1. The average Bonchev–Trinajstić information content (AvgIpc) is 2.80. The number of amides is 2. The number of benzene rings is 2. The number of nitrogens with zero attached hydrogens (tertiary/aromatic N) is 1. The lowest BCUT2D eigenvalue weighted by Gasteiger charge is -2.28. The number of hydrogen-bond donors (Lipinski definition) is 2. The van der Waals surface area contributed by atoms with E-state index in [1.54, 1.807) is 4.90 Å². The first-order valence-electron chi connectivity index (χ1n) is 11.8. The van der Waals surface area contributed by atoms with E-state index in [1.807, 2.05) is 30.3 Å². The first-order valence-corrected chi connectivity index (χ1v) is 11.8. The average molecular weight is 432 g/mol. The summed E-state index contributed by atoms with van der Waals surface area (Å²) in [6.45, 7) is 4.91. The molecule has 3 aromatic rings. The van der Waals surface area contributed by atoms with Crippen molar-refractivity contribution in [2.24, 2.45) is 0 Å². The third kappa shape index (κ3) is 5.39. The van der Waals surface area contributed by atoms with Crippen molar-refractivity contribution in [1.82, 2.24) is 15.2 Å². The Morgan fingerprint density at radius 3 is 2.44 bits per heavy atom. The zero-order chi connectivity index (χ0) is 22.5. The molecule has 0 bridgehead atoms. The molecule has 1 aliphatic rings. The highest BCUT2D eigenvalue weighted by Crippen LogP contribution is 2.19. The molecule has 168 valence electrons. The van der Waals surface area contributed by atoms with Gasteiger partial charge in [0.15, 0.2) is 0 Å². The van der Waals surface area contributed by atoms with Gasteiger partial charge in [-0.1, -0.05) is 62.1 Å². The lowest BCUT2D eigenvalue weighted by Crippen LogP contribution is -2.45. The summed E-state index contributed by atoms with van der Waals surface area (Å²) in [5.41, 5.74) is 4.76.